The van der Waals surface area contributed by atoms with Gasteiger partial charge in [-0.15, -0.1) is 0 Å². The number of hydrogen-bond donors (Lipinski definition) is 1. The number of benzene rings is 1. The minimum absolute atomic E-state index is 0.180. The molecule has 1 saturated heterocycles. The molecule has 0 saturated carbocycles. The molecule has 22 heavy (non-hydrogen) atoms. The van der Waals surface area contributed by atoms with Gasteiger partial charge in [-0.3, -0.25) is 4.90 Å². The number of likely N-dealkylation sites (N-methyl/N-ethyl adjacent to an activating group) is 1. The zero-order valence-electron chi connectivity index (χ0n) is 13.8. The standard InChI is InChI=1S/C17H24N4O/c1-12-7-5-6-8-13(12)17(2,3)16-19-15(20-22-16)14-11-18-9-10-21(14)4/h5-8,14,18H,9-11H2,1-4H3. The highest BCUT2D eigenvalue weighted by Crippen LogP contribution is 2.33. The highest BCUT2D eigenvalue weighted by Gasteiger charge is 2.33. The van der Waals surface area contributed by atoms with Crippen molar-refractivity contribution in [3.8, 4) is 0 Å². The molecule has 5 nitrogen and oxygen atoms in total. The Morgan fingerprint density at radius 2 is 2.09 bits per heavy atom. The molecule has 1 atom stereocenters. The topological polar surface area (TPSA) is 54.2 Å². The molecule has 5 heteroatoms. The van der Waals surface area contributed by atoms with Crippen LogP contribution >= 0.6 is 0 Å². The van der Waals surface area contributed by atoms with Crippen LogP contribution in [0.4, 0.5) is 0 Å². The van der Waals surface area contributed by atoms with Crippen LogP contribution in [0.15, 0.2) is 28.8 Å². The quantitative estimate of drug-likeness (QED) is 0.942. The van der Waals surface area contributed by atoms with Crippen molar-refractivity contribution in [1.82, 2.24) is 20.4 Å². The van der Waals surface area contributed by atoms with Crippen molar-refractivity contribution in [2.24, 2.45) is 0 Å². The Morgan fingerprint density at radius 1 is 1.32 bits per heavy atom. The molecule has 1 aromatic carbocycles. The fourth-order valence-corrected chi connectivity index (χ4v) is 3.11. The second-order valence-corrected chi connectivity index (χ2v) is 6.60. The van der Waals surface area contributed by atoms with Gasteiger partial charge in [0.1, 0.15) is 0 Å². The summed E-state index contributed by atoms with van der Waals surface area (Å²) in [5.41, 5.74) is 2.17. The Kier molecular flexibility index (Phi) is 4.02. The second-order valence-electron chi connectivity index (χ2n) is 6.60. The maximum absolute atomic E-state index is 5.62. The van der Waals surface area contributed by atoms with Gasteiger partial charge in [0, 0.05) is 19.6 Å². The largest absolute Gasteiger partial charge is 0.338 e. The third-order valence-corrected chi connectivity index (χ3v) is 4.60. The Balaban J connectivity index is 1.91. The van der Waals surface area contributed by atoms with Gasteiger partial charge in [-0.1, -0.05) is 29.4 Å². The van der Waals surface area contributed by atoms with E-state index in [-0.39, 0.29) is 11.5 Å². The minimum Gasteiger partial charge on any atom is -0.338 e. The van der Waals surface area contributed by atoms with Crippen LogP contribution in [0.5, 0.6) is 0 Å². The minimum atomic E-state index is -0.294. The molecule has 0 aliphatic carbocycles. The predicted molar refractivity (Wildman–Crippen MR) is 85.8 cm³/mol. The molecule has 1 aromatic heterocycles. The van der Waals surface area contributed by atoms with Crippen molar-refractivity contribution < 1.29 is 4.52 Å². The SMILES string of the molecule is Cc1ccccc1C(C)(C)c1nc(C2CNCCN2C)no1. The smallest absolute Gasteiger partial charge is 0.236 e. The third kappa shape index (κ3) is 2.66. The van der Waals surface area contributed by atoms with Crippen molar-refractivity contribution in [3.63, 3.8) is 0 Å². The molecule has 1 aliphatic rings. The first-order valence-corrected chi connectivity index (χ1v) is 7.81. The van der Waals surface area contributed by atoms with Crippen molar-refractivity contribution in [2.75, 3.05) is 26.7 Å². The lowest BCUT2D eigenvalue weighted by molar-refractivity contribution is 0.190. The van der Waals surface area contributed by atoms with E-state index in [0.29, 0.717) is 5.89 Å². The number of aromatic nitrogens is 2. The molecule has 0 bridgehead atoms. The highest BCUT2D eigenvalue weighted by molar-refractivity contribution is 5.36. The molecule has 1 aliphatic heterocycles. The van der Waals surface area contributed by atoms with Gasteiger partial charge in [0.25, 0.3) is 0 Å². The number of nitrogens with zero attached hydrogens (tertiary/aromatic N) is 3. The maximum Gasteiger partial charge on any atom is 0.236 e. The Bertz CT molecular complexity index is 650. The zero-order valence-corrected chi connectivity index (χ0v) is 13.8. The lowest BCUT2D eigenvalue weighted by atomic mass is 9.82. The van der Waals surface area contributed by atoms with E-state index in [2.05, 4.69) is 67.5 Å². The van der Waals surface area contributed by atoms with Crippen molar-refractivity contribution >= 4 is 0 Å². The van der Waals surface area contributed by atoms with Crippen LogP contribution in [0.2, 0.25) is 0 Å². The zero-order chi connectivity index (χ0) is 15.7. The van der Waals surface area contributed by atoms with Gasteiger partial charge in [0.05, 0.1) is 11.5 Å². The first kappa shape index (κ1) is 15.2. The fourth-order valence-electron chi connectivity index (χ4n) is 3.11. The van der Waals surface area contributed by atoms with Gasteiger partial charge < -0.3 is 9.84 Å². The second kappa shape index (κ2) is 5.82. The lowest BCUT2D eigenvalue weighted by Crippen LogP contribution is -2.44. The summed E-state index contributed by atoms with van der Waals surface area (Å²) in [5.74, 6) is 1.45. The number of hydrogen-bond acceptors (Lipinski definition) is 5. The first-order chi connectivity index (χ1) is 10.5. The average Bonchev–Trinajstić information content (AvgIpc) is 2.98. The predicted octanol–water partition coefficient (Wildman–Crippen LogP) is 2.28. The fraction of sp³-hybridized carbons (Fsp3) is 0.529. The highest BCUT2D eigenvalue weighted by atomic mass is 16.5. The first-order valence-electron chi connectivity index (χ1n) is 7.81. The molecule has 0 amide bonds. The molecular weight excluding hydrogens is 276 g/mol. The molecule has 1 N–H and O–H groups in total. The van der Waals surface area contributed by atoms with Crippen LogP contribution in [0.1, 0.15) is 42.7 Å². The molecule has 2 aromatic rings. The maximum atomic E-state index is 5.62. The van der Waals surface area contributed by atoms with Crippen LogP contribution < -0.4 is 5.32 Å². The summed E-state index contributed by atoms with van der Waals surface area (Å²) in [6.45, 7) is 9.25. The van der Waals surface area contributed by atoms with Gasteiger partial charge in [-0.2, -0.15) is 4.98 Å². The number of piperazine rings is 1. The summed E-state index contributed by atoms with van der Waals surface area (Å²) in [5, 5.41) is 7.63. The summed E-state index contributed by atoms with van der Waals surface area (Å²) >= 11 is 0. The van der Waals surface area contributed by atoms with Crippen LogP contribution in [0.3, 0.4) is 0 Å². The molecule has 0 spiro atoms. The van der Waals surface area contributed by atoms with Crippen LogP contribution in [-0.4, -0.2) is 41.7 Å². The van der Waals surface area contributed by atoms with E-state index in [1.54, 1.807) is 0 Å². The molecule has 1 fully saturated rings. The monoisotopic (exact) mass is 300 g/mol. The van der Waals surface area contributed by atoms with E-state index in [4.69, 9.17) is 9.51 Å². The Hall–Kier alpha value is -1.72. The number of rotatable bonds is 3. The average molecular weight is 300 g/mol. The Morgan fingerprint density at radius 3 is 2.82 bits per heavy atom. The summed E-state index contributed by atoms with van der Waals surface area (Å²) in [6.07, 6.45) is 0. The summed E-state index contributed by atoms with van der Waals surface area (Å²) < 4.78 is 5.62. The molecule has 1 unspecified atom stereocenters. The van der Waals surface area contributed by atoms with Crippen molar-refractivity contribution in [1.29, 1.82) is 0 Å². The van der Waals surface area contributed by atoms with Crippen LogP contribution in [-0.2, 0) is 5.41 Å². The molecule has 118 valence electrons. The van der Waals surface area contributed by atoms with Gasteiger partial charge in [-0.05, 0) is 38.9 Å². The van der Waals surface area contributed by atoms with Gasteiger partial charge >= 0.3 is 0 Å². The van der Waals surface area contributed by atoms with Gasteiger partial charge in [-0.25, -0.2) is 0 Å². The molecule has 2 heterocycles. The van der Waals surface area contributed by atoms with E-state index < -0.39 is 0 Å². The number of nitrogens with one attached hydrogen (secondary N) is 1. The van der Waals surface area contributed by atoms with E-state index in [1.807, 2.05) is 0 Å². The third-order valence-electron chi connectivity index (χ3n) is 4.60. The van der Waals surface area contributed by atoms with Crippen molar-refractivity contribution in [2.45, 2.75) is 32.2 Å². The van der Waals surface area contributed by atoms with Crippen LogP contribution in [0, 0.1) is 6.92 Å². The Labute approximate surface area is 131 Å². The van der Waals surface area contributed by atoms with E-state index in [0.717, 1.165) is 25.5 Å². The van der Waals surface area contributed by atoms with E-state index in [1.165, 1.54) is 11.1 Å². The summed E-state index contributed by atoms with van der Waals surface area (Å²) in [6, 6.07) is 8.54. The summed E-state index contributed by atoms with van der Waals surface area (Å²) in [4.78, 5) is 6.98. The lowest BCUT2D eigenvalue weighted by Gasteiger charge is -2.30. The normalized spacial score (nSPS) is 20.3. The summed E-state index contributed by atoms with van der Waals surface area (Å²) in [7, 11) is 2.11. The van der Waals surface area contributed by atoms with E-state index in [9.17, 15) is 0 Å². The van der Waals surface area contributed by atoms with E-state index >= 15 is 0 Å². The molecule has 0 radical (unpaired) electrons. The molecule has 3 rings (SSSR count). The van der Waals surface area contributed by atoms with Gasteiger partial charge in [0.15, 0.2) is 5.82 Å². The van der Waals surface area contributed by atoms with Crippen LogP contribution in [0.25, 0.3) is 0 Å². The van der Waals surface area contributed by atoms with Gasteiger partial charge in [0.2, 0.25) is 5.89 Å². The number of aryl methyl sites for hydroxylation is 1. The molecular formula is C17H24N4O. The van der Waals surface area contributed by atoms with Crippen molar-refractivity contribution in [3.05, 3.63) is 47.1 Å².